The topological polar surface area (TPSA) is 71.3 Å². The predicted molar refractivity (Wildman–Crippen MR) is 118 cm³/mol. The fraction of sp³-hybridized carbons (Fsp3) is 0.250. The first-order valence-corrected chi connectivity index (χ1v) is 9.80. The largest absolute Gasteiger partial charge is 0.460 e. The number of carbonyl (C=O) groups excluding carboxylic acids is 2. The predicted octanol–water partition coefficient (Wildman–Crippen LogP) is 5.55. The van der Waals surface area contributed by atoms with Gasteiger partial charge in [-0.15, -0.1) is 0 Å². The van der Waals surface area contributed by atoms with E-state index < -0.39 is 0 Å². The summed E-state index contributed by atoms with van der Waals surface area (Å²) in [5.41, 5.74) is 3.97. The fourth-order valence-electron chi connectivity index (χ4n) is 3.02. The molecule has 0 aliphatic heterocycles. The summed E-state index contributed by atoms with van der Waals surface area (Å²) in [5.74, 6) is 0.428. The molecule has 0 radical (unpaired) electrons. The zero-order valence-corrected chi connectivity index (χ0v) is 17.2. The number of anilines is 2. The van der Waals surface area contributed by atoms with E-state index in [4.69, 9.17) is 4.42 Å². The van der Waals surface area contributed by atoms with Gasteiger partial charge in [0.15, 0.2) is 0 Å². The first-order chi connectivity index (χ1) is 13.9. The maximum Gasteiger partial charge on any atom is 0.248 e. The van der Waals surface area contributed by atoms with Crippen LogP contribution in [0.1, 0.15) is 37.7 Å². The second-order valence-electron chi connectivity index (χ2n) is 7.28. The van der Waals surface area contributed by atoms with Crippen LogP contribution in [0, 0.1) is 12.8 Å². The van der Waals surface area contributed by atoms with Crippen LogP contribution >= 0.6 is 0 Å². The van der Waals surface area contributed by atoms with Crippen LogP contribution in [0.3, 0.4) is 0 Å². The average Bonchev–Trinajstić information content (AvgIpc) is 3.06. The Labute approximate surface area is 170 Å². The Hall–Kier alpha value is -3.34. The van der Waals surface area contributed by atoms with Gasteiger partial charge in [-0.2, -0.15) is 0 Å². The van der Waals surface area contributed by atoms with Crippen molar-refractivity contribution in [2.75, 3.05) is 10.6 Å². The van der Waals surface area contributed by atoms with E-state index in [1.54, 1.807) is 12.1 Å². The highest BCUT2D eigenvalue weighted by molar-refractivity contribution is 6.04. The van der Waals surface area contributed by atoms with E-state index >= 15 is 0 Å². The van der Waals surface area contributed by atoms with Gasteiger partial charge in [-0.1, -0.05) is 45.0 Å². The number of furan rings is 1. The second kappa shape index (κ2) is 8.78. The van der Waals surface area contributed by atoms with E-state index in [1.807, 2.05) is 64.1 Å². The van der Waals surface area contributed by atoms with Gasteiger partial charge in [0.1, 0.15) is 11.3 Å². The van der Waals surface area contributed by atoms with E-state index in [1.165, 1.54) is 6.08 Å². The first-order valence-electron chi connectivity index (χ1n) is 9.80. The van der Waals surface area contributed by atoms with Gasteiger partial charge >= 0.3 is 0 Å². The number of para-hydroxylation sites is 1. The normalized spacial score (nSPS) is 11.3. The first kappa shape index (κ1) is 20.4. The summed E-state index contributed by atoms with van der Waals surface area (Å²) in [6.07, 6.45) is 4.04. The molecule has 0 spiro atoms. The molecule has 0 unspecified atom stereocenters. The molecule has 0 saturated carbocycles. The highest BCUT2D eigenvalue weighted by Crippen LogP contribution is 2.27. The molecule has 0 bridgehead atoms. The molecule has 29 heavy (non-hydrogen) atoms. The summed E-state index contributed by atoms with van der Waals surface area (Å²) >= 11 is 0. The van der Waals surface area contributed by atoms with Gasteiger partial charge in [0, 0.05) is 40.7 Å². The lowest BCUT2D eigenvalue weighted by atomic mass is 10.1. The summed E-state index contributed by atoms with van der Waals surface area (Å²) in [6.45, 7) is 7.60. The van der Waals surface area contributed by atoms with Crippen molar-refractivity contribution in [3.05, 3.63) is 65.4 Å². The number of fused-ring (bicyclic) bond motifs is 1. The van der Waals surface area contributed by atoms with Crippen LogP contribution in [-0.4, -0.2) is 11.8 Å². The van der Waals surface area contributed by atoms with Crippen molar-refractivity contribution in [2.24, 2.45) is 5.92 Å². The zero-order valence-electron chi connectivity index (χ0n) is 17.2. The maximum atomic E-state index is 12.5. The van der Waals surface area contributed by atoms with Crippen LogP contribution in [-0.2, 0) is 16.0 Å². The third-order valence-electron chi connectivity index (χ3n) is 4.72. The van der Waals surface area contributed by atoms with Crippen LogP contribution in [0.25, 0.3) is 17.0 Å². The van der Waals surface area contributed by atoms with Crippen molar-refractivity contribution in [2.45, 2.75) is 34.1 Å². The molecule has 2 N–H and O–H groups in total. The third-order valence-corrected chi connectivity index (χ3v) is 4.72. The second-order valence-corrected chi connectivity index (χ2v) is 7.28. The minimum Gasteiger partial charge on any atom is -0.460 e. The molecule has 1 aromatic heterocycles. The summed E-state index contributed by atoms with van der Waals surface area (Å²) < 4.78 is 5.87. The summed E-state index contributed by atoms with van der Waals surface area (Å²) in [7, 11) is 0. The maximum absolute atomic E-state index is 12.5. The lowest BCUT2D eigenvalue weighted by molar-refractivity contribution is -0.119. The molecule has 5 nitrogen and oxygen atoms in total. The number of hydrogen-bond acceptors (Lipinski definition) is 3. The summed E-state index contributed by atoms with van der Waals surface area (Å²) in [6, 6.07) is 13.3. The molecular formula is C24H26N2O3. The molecule has 0 fully saturated rings. The van der Waals surface area contributed by atoms with Crippen LogP contribution in [0.2, 0.25) is 0 Å². The quantitative estimate of drug-likeness (QED) is 0.542. The molecule has 3 rings (SSSR count). The smallest absolute Gasteiger partial charge is 0.248 e. The monoisotopic (exact) mass is 390 g/mol. The van der Waals surface area contributed by atoms with Crippen molar-refractivity contribution in [1.29, 1.82) is 0 Å². The molecule has 2 amide bonds. The third kappa shape index (κ3) is 4.74. The van der Waals surface area contributed by atoms with Crippen LogP contribution < -0.4 is 10.6 Å². The number of hydrogen-bond donors (Lipinski definition) is 2. The molecule has 0 atom stereocenters. The van der Waals surface area contributed by atoms with Crippen molar-refractivity contribution >= 4 is 40.2 Å². The molecule has 0 aliphatic carbocycles. The summed E-state index contributed by atoms with van der Waals surface area (Å²) in [4.78, 5) is 24.4. The number of amides is 2. The number of aryl methyl sites for hydroxylation is 2. The highest BCUT2D eigenvalue weighted by Gasteiger charge is 2.11. The van der Waals surface area contributed by atoms with Gasteiger partial charge < -0.3 is 15.1 Å². The van der Waals surface area contributed by atoms with Gasteiger partial charge in [0.2, 0.25) is 11.8 Å². The molecule has 3 aromatic rings. The fourth-order valence-corrected chi connectivity index (χ4v) is 3.02. The lowest BCUT2D eigenvalue weighted by Crippen LogP contribution is -2.18. The minimum absolute atomic E-state index is 0.0649. The van der Waals surface area contributed by atoms with Crippen molar-refractivity contribution in [1.82, 2.24) is 0 Å². The van der Waals surface area contributed by atoms with Crippen LogP contribution in [0.15, 0.2) is 53.0 Å². The van der Waals surface area contributed by atoms with Gasteiger partial charge in [-0.25, -0.2) is 0 Å². The van der Waals surface area contributed by atoms with E-state index in [0.29, 0.717) is 11.4 Å². The van der Waals surface area contributed by atoms with Crippen LogP contribution in [0.4, 0.5) is 11.4 Å². The Bertz CT molecular complexity index is 1080. The van der Waals surface area contributed by atoms with Crippen molar-refractivity contribution in [3.63, 3.8) is 0 Å². The minimum atomic E-state index is -0.243. The number of rotatable bonds is 6. The Morgan fingerprint density at radius 1 is 1.10 bits per heavy atom. The van der Waals surface area contributed by atoms with Crippen molar-refractivity contribution in [3.8, 4) is 0 Å². The lowest BCUT2D eigenvalue weighted by Gasteiger charge is -2.12. The standard InChI is InChI=1S/C24H26N2O3/c1-5-21-19(18-8-6-7-9-22(18)29-21)12-13-23(27)26-20-14-17(11-10-16(20)4)25-24(28)15(2)3/h6-15H,5H2,1-4H3,(H,25,28)(H,26,27)/b13-12+. The SMILES string of the molecule is CCc1oc2ccccc2c1/C=C/C(=O)Nc1cc(NC(=O)C(C)C)ccc1C. The molecular weight excluding hydrogens is 364 g/mol. The Kier molecular flexibility index (Phi) is 6.17. The van der Waals surface area contributed by atoms with Crippen LogP contribution in [0.5, 0.6) is 0 Å². The Balaban J connectivity index is 1.78. The number of benzene rings is 2. The average molecular weight is 390 g/mol. The van der Waals surface area contributed by atoms with Gasteiger partial charge in [-0.05, 0) is 36.8 Å². The highest BCUT2D eigenvalue weighted by atomic mass is 16.3. The molecule has 1 heterocycles. The zero-order chi connectivity index (χ0) is 21.0. The molecule has 5 heteroatoms. The van der Waals surface area contributed by atoms with E-state index in [-0.39, 0.29) is 17.7 Å². The van der Waals surface area contributed by atoms with E-state index in [9.17, 15) is 9.59 Å². The Morgan fingerprint density at radius 3 is 2.59 bits per heavy atom. The van der Waals surface area contributed by atoms with Crippen molar-refractivity contribution < 1.29 is 14.0 Å². The van der Waals surface area contributed by atoms with E-state index in [0.717, 1.165) is 34.3 Å². The van der Waals surface area contributed by atoms with Gasteiger partial charge in [0.25, 0.3) is 0 Å². The summed E-state index contributed by atoms with van der Waals surface area (Å²) in [5, 5.41) is 6.73. The number of carbonyl (C=O) groups is 2. The Morgan fingerprint density at radius 2 is 1.86 bits per heavy atom. The van der Waals surface area contributed by atoms with Gasteiger partial charge in [-0.3, -0.25) is 9.59 Å². The molecule has 2 aromatic carbocycles. The van der Waals surface area contributed by atoms with E-state index in [2.05, 4.69) is 10.6 Å². The molecule has 0 aliphatic rings. The van der Waals surface area contributed by atoms with Gasteiger partial charge in [0.05, 0.1) is 0 Å². The molecule has 150 valence electrons. The molecule has 0 saturated heterocycles. The number of nitrogens with one attached hydrogen (secondary N) is 2.